The zero-order chi connectivity index (χ0) is 27.3. The molecule has 0 saturated heterocycles. The maximum atomic E-state index is 11.8. The molecule has 0 N–H and O–H groups in total. The van der Waals surface area contributed by atoms with Crippen molar-refractivity contribution < 1.29 is 27.9 Å². The summed E-state index contributed by atoms with van der Waals surface area (Å²) in [5, 5.41) is 1.12. The summed E-state index contributed by atoms with van der Waals surface area (Å²) in [6.45, 7) is 1.66. The average Bonchev–Trinajstić information content (AvgIpc) is 2.95. The van der Waals surface area contributed by atoms with Crippen molar-refractivity contribution in [2.45, 2.75) is 126 Å². The van der Waals surface area contributed by atoms with Crippen molar-refractivity contribution in [3.8, 4) is 5.75 Å². The summed E-state index contributed by atoms with van der Waals surface area (Å²) >= 11 is -1.94. The number of likely N-dealkylation sites (N-methyl/N-ethyl adjacent to an activating group) is 1. The van der Waals surface area contributed by atoms with E-state index in [1.165, 1.54) is 31.1 Å². The first-order valence-electron chi connectivity index (χ1n) is 14.7. The molecule has 218 valence electrons. The van der Waals surface area contributed by atoms with Gasteiger partial charge in [-0.3, -0.25) is 0 Å². The van der Waals surface area contributed by atoms with Gasteiger partial charge in [-0.15, -0.1) is 0 Å². The van der Waals surface area contributed by atoms with Crippen molar-refractivity contribution in [3.63, 3.8) is 0 Å². The first-order valence-corrected chi connectivity index (χ1v) is 21.9. The van der Waals surface area contributed by atoms with Crippen LogP contribution in [0.15, 0.2) is 24.3 Å². The van der Waals surface area contributed by atoms with E-state index in [0.717, 1.165) is 10.6 Å². The van der Waals surface area contributed by atoms with Crippen molar-refractivity contribution in [3.05, 3.63) is 29.8 Å². The summed E-state index contributed by atoms with van der Waals surface area (Å²) in [5.41, 5.74) is 4.48. The van der Waals surface area contributed by atoms with Crippen LogP contribution in [0.2, 0.25) is 0 Å². The Bertz CT molecular complexity index is 824. The fourth-order valence-electron chi connectivity index (χ4n) is 6.65. The number of rotatable bonds is 8. The Labute approximate surface area is 245 Å². The van der Waals surface area contributed by atoms with Gasteiger partial charge in [-0.1, -0.05) is 19.3 Å². The number of hydrogen-bond acceptors (Lipinski definition) is 3. The third-order valence-electron chi connectivity index (χ3n) is 8.57. The standard InChI is InChI=1S/C18H33P.C12H15NO3.2ClH.Ru/c1-4-10-16(11-5-1)19(17-12-6-2-7-13-17)18-14-8-3-9-15-18;1-9-7-5-6-8-11(9)16-10(2)12(14)13(3)15-4;;;/h16-18H,1-15H2;1,5-8,10H,2-4H3;2*1H;/q;;;;+2/p-1. The maximum absolute atomic E-state index is 11.8. The molecule has 1 unspecified atom stereocenters. The first-order chi connectivity index (χ1) is 18.4. The van der Waals surface area contributed by atoms with Gasteiger partial charge < -0.3 is 0 Å². The van der Waals surface area contributed by atoms with Crippen LogP contribution in [0, 0.1) is 0 Å². The van der Waals surface area contributed by atoms with E-state index in [1.54, 1.807) is 114 Å². The zero-order valence-electron chi connectivity index (χ0n) is 23.6. The molecule has 0 bridgehead atoms. The Kier molecular flexibility index (Phi) is 15.1. The van der Waals surface area contributed by atoms with Gasteiger partial charge in [-0.2, -0.15) is 0 Å². The molecule has 4 rings (SSSR count). The Balaban J connectivity index is 0.000000211. The normalized spacial score (nSPS) is 20.7. The van der Waals surface area contributed by atoms with Gasteiger partial charge in [0.1, 0.15) is 0 Å². The van der Waals surface area contributed by atoms with Crippen molar-refractivity contribution >= 4 is 37.8 Å². The molecule has 0 radical (unpaired) electrons. The van der Waals surface area contributed by atoms with Crippen LogP contribution in [0.1, 0.15) is 109 Å². The number of carbonyl (C=O) groups excluding carboxylic acids is 1. The molecule has 3 aliphatic rings. The molecule has 38 heavy (non-hydrogen) atoms. The van der Waals surface area contributed by atoms with E-state index in [2.05, 4.69) is 0 Å². The van der Waals surface area contributed by atoms with Gasteiger partial charge in [-0.25, -0.2) is 0 Å². The fourth-order valence-corrected chi connectivity index (χ4v) is 13.7. The number of halogens is 2. The van der Waals surface area contributed by atoms with Gasteiger partial charge >= 0.3 is 126 Å². The van der Waals surface area contributed by atoms with Gasteiger partial charge in [0.25, 0.3) is 0 Å². The van der Waals surface area contributed by atoms with E-state index >= 15 is 0 Å². The first kappa shape index (κ1) is 32.5. The van der Waals surface area contributed by atoms with E-state index in [0.29, 0.717) is 5.75 Å². The fraction of sp³-hybridized carbons (Fsp3) is 0.733. The molecule has 0 aliphatic heterocycles. The quantitative estimate of drug-likeness (QED) is 0.157. The van der Waals surface area contributed by atoms with E-state index in [9.17, 15) is 4.79 Å². The van der Waals surface area contributed by atoms with Crippen LogP contribution in [0.5, 0.6) is 5.75 Å². The SMILES string of the molecule is C1CCC([PH+](C2CCCCC2)C2CCCCC2)CC1.CON(C)C(=O)C(C)Oc1ccccc1[CH]=[Ru]([Cl])[Cl]. The number of ether oxygens (including phenoxy) is 1. The summed E-state index contributed by atoms with van der Waals surface area (Å²) in [6.07, 6.45) is 23.1. The summed E-state index contributed by atoms with van der Waals surface area (Å²) < 4.78 is 7.41. The predicted molar refractivity (Wildman–Crippen MR) is 162 cm³/mol. The van der Waals surface area contributed by atoms with E-state index < -0.39 is 19.6 Å². The molecule has 0 heterocycles. The summed E-state index contributed by atoms with van der Waals surface area (Å²) in [6, 6.07) is 7.30. The van der Waals surface area contributed by atoms with Crippen LogP contribution in [0.3, 0.4) is 0 Å². The number of carbonyl (C=O) groups is 1. The molecule has 1 atom stereocenters. The number of amides is 1. The zero-order valence-corrected chi connectivity index (χ0v) is 27.8. The molecule has 3 saturated carbocycles. The molecule has 1 aromatic carbocycles. The molecule has 1 aromatic rings. The van der Waals surface area contributed by atoms with E-state index in [4.69, 9.17) is 29.0 Å². The van der Waals surface area contributed by atoms with E-state index in [-0.39, 0.29) is 13.8 Å². The Morgan fingerprint density at radius 3 is 1.76 bits per heavy atom. The molecular formula is C30H49Cl2NO3PRu+. The van der Waals surface area contributed by atoms with Gasteiger partial charge in [0.15, 0.2) is 0 Å². The molecule has 1 amide bonds. The van der Waals surface area contributed by atoms with Crippen molar-refractivity contribution in [1.82, 2.24) is 5.06 Å². The Morgan fingerprint density at radius 2 is 1.34 bits per heavy atom. The second-order valence-corrected chi connectivity index (χ2v) is 20.3. The Hall–Kier alpha value is -0.0466. The Morgan fingerprint density at radius 1 is 0.895 bits per heavy atom. The number of nitrogens with zero attached hydrogens (tertiary/aromatic N) is 1. The number of hydrogen-bond donors (Lipinski definition) is 0. The monoisotopic (exact) mass is 674 g/mol. The van der Waals surface area contributed by atoms with Crippen LogP contribution in [0.4, 0.5) is 0 Å². The molecule has 4 nitrogen and oxygen atoms in total. The molecular weight excluding hydrogens is 625 g/mol. The number of para-hydroxylation sites is 1. The van der Waals surface area contributed by atoms with Crippen molar-refractivity contribution in [1.29, 1.82) is 0 Å². The minimum atomic E-state index is -1.94. The molecule has 0 aromatic heterocycles. The van der Waals surface area contributed by atoms with Crippen LogP contribution in [-0.2, 0) is 23.2 Å². The van der Waals surface area contributed by atoms with Gasteiger partial charge in [0, 0.05) is 7.92 Å². The van der Waals surface area contributed by atoms with Crippen LogP contribution >= 0.6 is 27.3 Å². The topological polar surface area (TPSA) is 38.8 Å². The van der Waals surface area contributed by atoms with E-state index in [1.807, 2.05) is 18.2 Å². The summed E-state index contributed by atoms with van der Waals surface area (Å²) in [4.78, 5) is 16.7. The van der Waals surface area contributed by atoms with Crippen LogP contribution in [-0.4, -0.2) is 52.8 Å². The third-order valence-corrected chi connectivity index (χ3v) is 15.0. The van der Waals surface area contributed by atoms with Gasteiger partial charge in [0.05, 0.1) is 17.0 Å². The second kappa shape index (κ2) is 17.7. The molecule has 0 spiro atoms. The predicted octanol–water partition coefficient (Wildman–Crippen LogP) is 8.75. The van der Waals surface area contributed by atoms with Gasteiger partial charge in [0.2, 0.25) is 0 Å². The van der Waals surface area contributed by atoms with Gasteiger partial charge in [-0.05, 0) is 77.0 Å². The van der Waals surface area contributed by atoms with Crippen molar-refractivity contribution in [2.75, 3.05) is 14.2 Å². The van der Waals surface area contributed by atoms with Crippen LogP contribution in [0.25, 0.3) is 0 Å². The minimum absolute atomic E-state index is 0.0465. The number of benzene rings is 1. The third kappa shape index (κ3) is 10.4. The number of hydroxylamine groups is 2. The molecule has 8 heteroatoms. The molecule has 3 aliphatic carbocycles. The summed E-state index contributed by atoms with van der Waals surface area (Å²) in [7, 11) is 14.6. The second-order valence-electron chi connectivity index (χ2n) is 11.1. The average molecular weight is 675 g/mol. The van der Waals surface area contributed by atoms with Crippen LogP contribution < -0.4 is 4.74 Å². The van der Waals surface area contributed by atoms with Crippen molar-refractivity contribution in [2.24, 2.45) is 0 Å². The summed E-state index contributed by atoms with van der Waals surface area (Å²) in [5.74, 6) is 0.302. The molecule has 3 fully saturated rings.